The maximum atomic E-state index is 5.25. The molecule has 2 nitrogen and oxygen atoms in total. The van der Waals surface area contributed by atoms with Crippen molar-refractivity contribution in [1.29, 1.82) is 0 Å². The van der Waals surface area contributed by atoms with Gasteiger partial charge >= 0.3 is 0 Å². The molecule has 10 heavy (non-hydrogen) atoms. The van der Waals surface area contributed by atoms with E-state index in [0.29, 0.717) is 13.2 Å². The first-order chi connectivity index (χ1) is 3.56. The van der Waals surface area contributed by atoms with Crippen LogP contribution in [0.1, 0.15) is 35.6 Å². The first-order valence-corrected chi connectivity index (χ1v) is 2.90. The number of hydrogen-bond donors (Lipinski definition) is 1. The van der Waals surface area contributed by atoms with Crippen LogP contribution in [0.5, 0.6) is 0 Å². The number of rotatable bonds is 2. The predicted octanol–water partition coefficient (Wildman–Crippen LogP) is 2.03. The van der Waals surface area contributed by atoms with Gasteiger partial charge in [-0.05, 0) is 20.8 Å². The lowest BCUT2D eigenvalue weighted by molar-refractivity contribution is 0.00195. The molecule has 0 aromatic heterocycles. The molecule has 0 saturated carbocycles. The van der Waals surface area contributed by atoms with Crippen LogP contribution in [0.4, 0.5) is 0 Å². The standard InChI is InChI=1S/C6H15NO.2CH4/c1-6(2,3)8-5-4-7;;/h4-5,7H2,1-3H3;2*1H4. The fourth-order valence-corrected chi connectivity index (χ4v) is 0.365. The van der Waals surface area contributed by atoms with E-state index in [1.165, 1.54) is 0 Å². The van der Waals surface area contributed by atoms with Crippen molar-refractivity contribution in [3.8, 4) is 0 Å². The lowest BCUT2D eigenvalue weighted by Gasteiger charge is -2.18. The molecule has 0 saturated heterocycles. The lowest BCUT2D eigenvalue weighted by Crippen LogP contribution is -2.23. The molecule has 0 aromatic carbocycles. The molecule has 0 aliphatic carbocycles. The van der Waals surface area contributed by atoms with Crippen molar-refractivity contribution in [2.24, 2.45) is 5.73 Å². The summed E-state index contributed by atoms with van der Waals surface area (Å²) >= 11 is 0. The maximum absolute atomic E-state index is 5.25. The van der Waals surface area contributed by atoms with E-state index in [0.717, 1.165) is 0 Å². The molecule has 0 radical (unpaired) electrons. The quantitative estimate of drug-likeness (QED) is 0.652. The van der Waals surface area contributed by atoms with Crippen LogP contribution in [-0.2, 0) is 4.74 Å². The third kappa shape index (κ3) is 15.7. The summed E-state index contributed by atoms with van der Waals surface area (Å²) < 4.78 is 5.25. The number of hydrogen-bond acceptors (Lipinski definition) is 2. The van der Waals surface area contributed by atoms with Gasteiger partial charge in [-0.15, -0.1) is 0 Å². The zero-order chi connectivity index (χ0) is 6.62. The van der Waals surface area contributed by atoms with E-state index >= 15 is 0 Å². The Hall–Kier alpha value is -0.0800. The number of nitrogens with two attached hydrogens (primary N) is 1. The Morgan fingerprint density at radius 2 is 1.60 bits per heavy atom. The molecule has 0 atom stereocenters. The summed E-state index contributed by atoms with van der Waals surface area (Å²) in [6.07, 6.45) is 0. The highest BCUT2D eigenvalue weighted by Gasteiger charge is 2.07. The average Bonchev–Trinajstić information content (AvgIpc) is 1.59. The molecule has 0 rings (SSSR count). The van der Waals surface area contributed by atoms with Crippen molar-refractivity contribution in [1.82, 2.24) is 0 Å². The predicted molar refractivity (Wildman–Crippen MR) is 48.2 cm³/mol. The maximum Gasteiger partial charge on any atom is 0.0599 e. The average molecular weight is 149 g/mol. The van der Waals surface area contributed by atoms with Gasteiger partial charge in [0.1, 0.15) is 0 Å². The summed E-state index contributed by atoms with van der Waals surface area (Å²) in [6.45, 7) is 7.31. The normalized spacial score (nSPS) is 9.60. The van der Waals surface area contributed by atoms with Gasteiger partial charge in [-0.1, -0.05) is 14.9 Å². The van der Waals surface area contributed by atoms with Crippen LogP contribution in [0, 0.1) is 0 Å². The highest BCUT2D eigenvalue weighted by molar-refractivity contribution is 4.57. The Morgan fingerprint density at radius 1 is 1.20 bits per heavy atom. The summed E-state index contributed by atoms with van der Waals surface area (Å²) in [5.74, 6) is 0. The summed E-state index contributed by atoms with van der Waals surface area (Å²) in [5.41, 5.74) is 5.18. The minimum atomic E-state index is -0.0284. The molecule has 2 heteroatoms. The number of ether oxygens (including phenoxy) is 1. The zero-order valence-corrected chi connectivity index (χ0v) is 5.90. The largest absolute Gasteiger partial charge is 0.375 e. The van der Waals surface area contributed by atoms with E-state index in [-0.39, 0.29) is 20.5 Å². The molecule has 0 unspecified atom stereocenters. The monoisotopic (exact) mass is 149 g/mol. The van der Waals surface area contributed by atoms with E-state index in [2.05, 4.69) is 0 Å². The Morgan fingerprint density at radius 3 is 1.70 bits per heavy atom. The summed E-state index contributed by atoms with van der Waals surface area (Å²) in [7, 11) is 0. The Labute approximate surface area is 65.8 Å². The molecule has 0 bridgehead atoms. The zero-order valence-electron chi connectivity index (χ0n) is 5.90. The molecule has 0 heterocycles. The van der Waals surface area contributed by atoms with Gasteiger partial charge in [-0.25, -0.2) is 0 Å². The molecule has 0 spiro atoms. The molecule has 0 aromatic rings. The minimum Gasteiger partial charge on any atom is -0.375 e. The topological polar surface area (TPSA) is 35.2 Å². The van der Waals surface area contributed by atoms with E-state index < -0.39 is 0 Å². The third-order valence-corrected chi connectivity index (χ3v) is 0.653. The van der Waals surface area contributed by atoms with Crippen molar-refractivity contribution in [2.45, 2.75) is 41.2 Å². The van der Waals surface area contributed by atoms with Gasteiger partial charge < -0.3 is 10.5 Å². The second-order valence-corrected chi connectivity index (χ2v) is 2.75. The molecular formula is C8H23NO. The van der Waals surface area contributed by atoms with E-state index in [1.54, 1.807) is 0 Å². The SMILES string of the molecule is C.C.CC(C)(C)OCCN. The van der Waals surface area contributed by atoms with Gasteiger partial charge in [-0.3, -0.25) is 0 Å². The van der Waals surface area contributed by atoms with Crippen LogP contribution < -0.4 is 5.73 Å². The van der Waals surface area contributed by atoms with Crippen LogP contribution in [0.3, 0.4) is 0 Å². The van der Waals surface area contributed by atoms with Gasteiger partial charge in [0.2, 0.25) is 0 Å². The summed E-state index contributed by atoms with van der Waals surface area (Å²) in [6, 6.07) is 0. The minimum absolute atomic E-state index is 0. The van der Waals surface area contributed by atoms with Gasteiger partial charge in [0, 0.05) is 6.54 Å². The van der Waals surface area contributed by atoms with Crippen molar-refractivity contribution < 1.29 is 4.74 Å². The molecular weight excluding hydrogens is 126 g/mol. The van der Waals surface area contributed by atoms with E-state index in [9.17, 15) is 0 Å². The second kappa shape index (κ2) is 7.03. The van der Waals surface area contributed by atoms with Gasteiger partial charge in [0.25, 0.3) is 0 Å². The fraction of sp³-hybridized carbons (Fsp3) is 1.00. The second-order valence-electron chi connectivity index (χ2n) is 2.75. The highest BCUT2D eigenvalue weighted by atomic mass is 16.5. The van der Waals surface area contributed by atoms with Crippen LogP contribution in [0.15, 0.2) is 0 Å². The Bertz CT molecular complexity index is 56.8. The van der Waals surface area contributed by atoms with Crippen LogP contribution >= 0.6 is 0 Å². The molecule has 2 N–H and O–H groups in total. The van der Waals surface area contributed by atoms with Crippen molar-refractivity contribution in [3.63, 3.8) is 0 Å². The molecule has 66 valence electrons. The molecule has 0 amide bonds. The van der Waals surface area contributed by atoms with Crippen molar-refractivity contribution >= 4 is 0 Å². The van der Waals surface area contributed by atoms with Gasteiger partial charge in [0.05, 0.1) is 12.2 Å². The smallest absolute Gasteiger partial charge is 0.0599 e. The fourth-order valence-electron chi connectivity index (χ4n) is 0.365. The Kier molecular flexibility index (Phi) is 11.6. The molecule has 0 aliphatic rings. The van der Waals surface area contributed by atoms with Crippen LogP contribution in [0.2, 0.25) is 0 Å². The lowest BCUT2D eigenvalue weighted by atomic mass is 10.2. The third-order valence-electron chi connectivity index (χ3n) is 0.653. The first-order valence-electron chi connectivity index (χ1n) is 2.90. The molecule has 0 aliphatic heterocycles. The van der Waals surface area contributed by atoms with E-state index in [4.69, 9.17) is 10.5 Å². The van der Waals surface area contributed by atoms with Crippen LogP contribution in [-0.4, -0.2) is 18.8 Å². The van der Waals surface area contributed by atoms with Gasteiger partial charge in [-0.2, -0.15) is 0 Å². The first kappa shape index (κ1) is 16.5. The summed E-state index contributed by atoms with van der Waals surface area (Å²) in [5, 5.41) is 0. The van der Waals surface area contributed by atoms with Gasteiger partial charge in [0.15, 0.2) is 0 Å². The molecule has 0 fully saturated rings. The van der Waals surface area contributed by atoms with Crippen LogP contribution in [0.25, 0.3) is 0 Å². The summed E-state index contributed by atoms with van der Waals surface area (Å²) in [4.78, 5) is 0. The highest BCUT2D eigenvalue weighted by Crippen LogP contribution is 2.04. The van der Waals surface area contributed by atoms with Crippen molar-refractivity contribution in [2.75, 3.05) is 13.2 Å². The van der Waals surface area contributed by atoms with E-state index in [1.807, 2.05) is 20.8 Å². The Balaban J connectivity index is -0.000000245. The van der Waals surface area contributed by atoms with Crippen molar-refractivity contribution in [3.05, 3.63) is 0 Å².